The van der Waals surface area contributed by atoms with Gasteiger partial charge in [-0.2, -0.15) is 0 Å². The molecule has 8 heteroatoms. The number of carbonyl (C=O) groups is 3. The quantitative estimate of drug-likeness (QED) is 0.539. The van der Waals surface area contributed by atoms with E-state index >= 15 is 0 Å². The Morgan fingerprint density at radius 3 is 2.48 bits per heavy atom. The van der Waals surface area contributed by atoms with Crippen LogP contribution in [0.25, 0.3) is 0 Å². The number of carbonyl (C=O) groups excluding carboxylic acids is 3. The molecule has 2 rings (SSSR count). The lowest BCUT2D eigenvalue weighted by Gasteiger charge is -2.49. The summed E-state index contributed by atoms with van der Waals surface area (Å²) in [6.07, 6.45) is -0.661. The first-order valence-electron chi connectivity index (χ1n) is 8.20. The predicted molar refractivity (Wildman–Crippen MR) is 92.6 cm³/mol. The van der Waals surface area contributed by atoms with E-state index in [4.69, 9.17) is 14.2 Å². The smallest absolute Gasteiger partial charge is 0.355 e. The Hall–Kier alpha value is -1.54. The highest BCUT2D eigenvalue weighted by Gasteiger charge is 2.55. The van der Waals surface area contributed by atoms with Crippen molar-refractivity contribution >= 4 is 29.6 Å². The van der Waals surface area contributed by atoms with Crippen LogP contribution in [0.3, 0.4) is 0 Å². The second-order valence-corrected chi connectivity index (χ2v) is 8.35. The summed E-state index contributed by atoms with van der Waals surface area (Å²) in [6.45, 7) is 10.3. The molecule has 2 atom stereocenters. The first kappa shape index (κ1) is 19.8. The molecule has 1 fully saturated rings. The average molecular weight is 371 g/mol. The van der Waals surface area contributed by atoms with Gasteiger partial charge in [0, 0.05) is 18.2 Å². The normalized spacial score (nSPS) is 23.3. The molecule has 0 spiro atoms. The van der Waals surface area contributed by atoms with Crippen molar-refractivity contribution in [3.8, 4) is 0 Å². The second kappa shape index (κ2) is 7.37. The standard InChI is InChI=1S/C17H25NO6S/c1-9(2)23-13-14(20)18-12(16(21)24-17(4,5)6)11(7-22-10(3)19)8-25-15(13)18/h9,13,15H,7-8H2,1-6H3/t13-,15+/m0/s1. The number of nitrogens with zero attached hydrogens (tertiary/aromatic N) is 1. The van der Waals surface area contributed by atoms with Crippen LogP contribution in [-0.2, 0) is 28.6 Å². The number of amides is 1. The van der Waals surface area contributed by atoms with Crippen molar-refractivity contribution in [1.29, 1.82) is 0 Å². The van der Waals surface area contributed by atoms with Crippen molar-refractivity contribution in [2.45, 2.75) is 64.7 Å². The molecule has 7 nitrogen and oxygen atoms in total. The molecule has 0 bridgehead atoms. The van der Waals surface area contributed by atoms with E-state index < -0.39 is 23.6 Å². The third kappa shape index (κ3) is 4.55. The number of hydrogen-bond acceptors (Lipinski definition) is 7. The lowest BCUT2D eigenvalue weighted by molar-refractivity contribution is -0.172. The minimum atomic E-state index is -0.696. The highest BCUT2D eigenvalue weighted by molar-refractivity contribution is 8.00. The van der Waals surface area contributed by atoms with Gasteiger partial charge in [-0.25, -0.2) is 4.79 Å². The lowest BCUT2D eigenvalue weighted by Crippen LogP contribution is -2.66. The minimum Gasteiger partial charge on any atom is -0.461 e. The number of thioether (sulfide) groups is 1. The Bertz CT molecular complexity index is 607. The fraction of sp³-hybridized carbons (Fsp3) is 0.706. The molecule has 0 aliphatic carbocycles. The lowest BCUT2D eigenvalue weighted by atomic mass is 10.0. The van der Waals surface area contributed by atoms with Gasteiger partial charge in [0.25, 0.3) is 5.91 Å². The van der Waals surface area contributed by atoms with Crippen LogP contribution < -0.4 is 0 Å². The van der Waals surface area contributed by atoms with Gasteiger partial charge in [-0.1, -0.05) is 0 Å². The molecule has 0 aromatic rings. The van der Waals surface area contributed by atoms with Crippen LogP contribution >= 0.6 is 11.8 Å². The van der Waals surface area contributed by atoms with E-state index in [1.807, 2.05) is 13.8 Å². The third-order valence-electron chi connectivity index (χ3n) is 3.46. The maximum absolute atomic E-state index is 12.7. The zero-order chi connectivity index (χ0) is 18.9. The van der Waals surface area contributed by atoms with E-state index in [0.717, 1.165) is 0 Å². The van der Waals surface area contributed by atoms with E-state index in [1.54, 1.807) is 20.8 Å². The van der Waals surface area contributed by atoms with Gasteiger partial charge in [0.2, 0.25) is 0 Å². The van der Waals surface area contributed by atoms with Crippen LogP contribution in [0, 0.1) is 0 Å². The summed E-state index contributed by atoms with van der Waals surface area (Å²) in [7, 11) is 0. The zero-order valence-electron chi connectivity index (χ0n) is 15.5. The Kier molecular flexibility index (Phi) is 5.83. The molecule has 0 aromatic heterocycles. The van der Waals surface area contributed by atoms with Crippen molar-refractivity contribution in [1.82, 2.24) is 4.90 Å². The van der Waals surface area contributed by atoms with Gasteiger partial charge in [-0.05, 0) is 34.6 Å². The Morgan fingerprint density at radius 2 is 1.96 bits per heavy atom. The van der Waals surface area contributed by atoms with Crippen molar-refractivity contribution in [3.63, 3.8) is 0 Å². The molecule has 0 saturated carbocycles. The minimum absolute atomic E-state index is 0.0386. The van der Waals surface area contributed by atoms with E-state index in [2.05, 4.69) is 0 Å². The van der Waals surface area contributed by atoms with Gasteiger partial charge in [0.15, 0.2) is 6.10 Å². The SMILES string of the molecule is CC(=O)OCC1=C(C(=O)OC(C)(C)C)N2C(=O)[C@H](OC(C)C)[C@H]2SC1. The Labute approximate surface area is 152 Å². The number of rotatable bonds is 5. The molecule has 2 heterocycles. The molecule has 0 N–H and O–H groups in total. The maximum atomic E-state index is 12.7. The highest BCUT2D eigenvalue weighted by atomic mass is 32.2. The topological polar surface area (TPSA) is 82.1 Å². The molecule has 1 amide bonds. The molecule has 2 aliphatic heterocycles. The number of β-lactam (4-membered cyclic amide) rings is 1. The fourth-order valence-electron chi connectivity index (χ4n) is 2.55. The molecular formula is C17H25NO6S. The highest BCUT2D eigenvalue weighted by Crippen LogP contribution is 2.42. The molecular weight excluding hydrogens is 346 g/mol. The van der Waals surface area contributed by atoms with E-state index in [0.29, 0.717) is 11.3 Å². The van der Waals surface area contributed by atoms with Crippen molar-refractivity contribution in [2.75, 3.05) is 12.4 Å². The molecule has 25 heavy (non-hydrogen) atoms. The molecule has 2 aliphatic rings. The number of hydrogen-bond donors (Lipinski definition) is 0. The van der Waals surface area contributed by atoms with E-state index in [1.165, 1.54) is 23.6 Å². The first-order valence-corrected chi connectivity index (χ1v) is 9.25. The van der Waals surface area contributed by atoms with Crippen molar-refractivity contribution in [2.24, 2.45) is 0 Å². The summed E-state index contributed by atoms with van der Waals surface area (Å²) < 4.78 is 16.1. The first-order chi connectivity index (χ1) is 11.5. The summed E-state index contributed by atoms with van der Waals surface area (Å²) in [4.78, 5) is 37.7. The van der Waals surface area contributed by atoms with Crippen molar-refractivity contribution < 1.29 is 28.6 Å². The van der Waals surface area contributed by atoms with Gasteiger partial charge in [-0.15, -0.1) is 11.8 Å². The van der Waals surface area contributed by atoms with Crippen molar-refractivity contribution in [3.05, 3.63) is 11.3 Å². The summed E-state index contributed by atoms with van der Waals surface area (Å²) in [5, 5.41) is -0.265. The van der Waals surface area contributed by atoms with Gasteiger partial charge in [0.05, 0.1) is 6.10 Å². The van der Waals surface area contributed by atoms with E-state index in [-0.39, 0.29) is 29.7 Å². The summed E-state index contributed by atoms with van der Waals surface area (Å²) in [6, 6.07) is 0. The fourth-order valence-corrected chi connectivity index (χ4v) is 3.85. The Balaban J connectivity index is 2.29. The zero-order valence-corrected chi connectivity index (χ0v) is 16.3. The summed E-state index contributed by atoms with van der Waals surface area (Å²) in [5.74, 6) is -0.837. The Morgan fingerprint density at radius 1 is 1.32 bits per heavy atom. The summed E-state index contributed by atoms with van der Waals surface area (Å²) in [5.41, 5.74) is 0.0499. The van der Waals surface area contributed by atoms with Crippen LogP contribution in [0.15, 0.2) is 11.3 Å². The van der Waals surface area contributed by atoms with Gasteiger partial charge in [-0.3, -0.25) is 14.5 Å². The molecule has 0 unspecified atom stereocenters. The maximum Gasteiger partial charge on any atom is 0.355 e. The summed E-state index contributed by atoms with van der Waals surface area (Å²) >= 11 is 1.49. The molecule has 0 radical (unpaired) electrons. The third-order valence-corrected chi connectivity index (χ3v) is 4.77. The van der Waals surface area contributed by atoms with Crippen LogP contribution in [0.1, 0.15) is 41.5 Å². The van der Waals surface area contributed by atoms with Crippen LogP contribution in [-0.4, -0.2) is 58.3 Å². The van der Waals surface area contributed by atoms with Crippen LogP contribution in [0.4, 0.5) is 0 Å². The molecule has 1 saturated heterocycles. The average Bonchev–Trinajstić information content (AvgIpc) is 2.47. The molecule has 140 valence electrons. The second-order valence-electron chi connectivity index (χ2n) is 7.25. The van der Waals surface area contributed by atoms with E-state index in [9.17, 15) is 14.4 Å². The van der Waals surface area contributed by atoms with Crippen LogP contribution in [0.5, 0.6) is 0 Å². The van der Waals surface area contributed by atoms with Gasteiger partial charge in [0.1, 0.15) is 23.3 Å². The monoisotopic (exact) mass is 371 g/mol. The van der Waals surface area contributed by atoms with Crippen LogP contribution in [0.2, 0.25) is 0 Å². The largest absolute Gasteiger partial charge is 0.461 e. The number of fused-ring (bicyclic) bond motifs is 1. The number of esters is 2. The predicted octanol–water partition coefficient (Wildman–Crippen LogP) is 1.85. The molecule has 0 aromatic carbocycles. The van der Waals surface area contributed by atoms with Gasteiger partial charge < -0.3 is 14.2 Å². The number of ether oxygens (including phenoxy) is 3. The van der Waals surface area contributed by atoms with Gasteiger partial charge >= 0.3 is 11.9 Å².